The van der Waals surface area contributed by atoms with E-state index in [1.54, 1.807) is 0 Å². The lowest BCUT2D eigenvalue weighted by Crippen LogP contribution is -2.00. The molecule has 1 atom stereocenters. The standard InChI is InChI=1S/C13H12O/c1-10-6-5-9-12(10)13(14)11-7-3-2-4-8-11/h2-9,13-14H,1H2. The Morgan fingerprint density at radius 2 is 1.86 bits per heavy atom. The molecule has 14 heavy (non-hydrogen) atoms. The predicted molar refractivity (Wildman–Crippen MR) is 57.8 cm³/mol. The molecular weight excluding hydrogens is 172 g/mol. The van der Waals surface area contributed by atoms with Crippen molar-refractivity contribution in [2.75, 3.05) is 0 Å². The summed E-state index contributed by atoms with van der Waals surface area (Å²) in [6.07, 6.45) is 5.16. The molecule has 0 amide bonds. The Morgan fingerprint density at radius 1 is 1.14 bits per heavy atom. The van der Waals surface area contributed by atoms with Crippen LogP contribution >= 0.6 is 0 Å². The Labute approximate surface area is 83.7 Å². The zero-order chi connectivity index (χ0) is 9.97. The lowest BCUT2D eigenvalue weighted by Gasteiger charge is -2.13. The summed E-state index contributed by atoms with van der Waals surface area (Å²) in [7, 11) is 0. The van der Waals surface area contributed by atoms with Crippen LogP contribution in [0.5, 0.6) is 0 Å². The van der Waals surface area contributed by atoms with Crippen molar-refractivity contribution in [1.82, 2.24) is 0 Å². The third-order valence-electron chi connectivity index (χ3n) is 2.35. The van der Waals surface area contributed by atoms with Crippen LogP contribution in [0.25, 0.3) is 0 Å². The van der Waals surface area contributed by atoms with Crippen molar-refractivity contribution in [1.29, 1.82) is 0 Å². The largest absolute Gasteiger partial charge is 0.384 e. The van der Waals surface area contributed by atoms with Crippen molar-refractivity contribution in [2.45, 2.75) is 6.10 Å². The van der Waals surface area contributed by atoms with E-state index in [-0.39, 0.29) is 0 Å². The van der Waals surface area contributed by atoms with Gasteiger partial charge in [-0.25, -0.2) is 0 Å². The highest BCUT2D eigenvalue weighted by Crippen LogP contribution is 2.29. The maximum atomic E-state index is 10.0. The SMILES string of the molecule is C=C1C=CC=C1C(O)c1ccccc1. The second-order valence-electron chi connectivity index (χ2n) is 3.32. The number of aliphatic hydroxyl groups is 1. The molecule has 0 saturated carbocycles. The van der Waals surface area contributed by atoms with E-state index in [1.165, 1.54) is 0 Å². The van der Waals surface area contributed by atoms with Gasteiger partial charge in [0.1, 0.15) is 6.10 Å². The smallest absolute Gasteiger partial charge is 0.105 e. The molecule has 1 unspecified atom stereocenters. The van der Waals surface area contributed by atoms with Crippen LogP contribution < -0.4 is 0 Å². The first-order valence-corrected chi connectivity index (χ1v) is 4.59. The van der Waals surface area contributed by atoms with Gasteiger partial charge < -0.3 is 5.11 Å². The van der Waals surface area contributed by atoms with E-state index >= 15 is 0 Å². The zero-order valence-electron chi connectivity index (χ0n) is 7.85. The Morgan fingerprint density at radius 3 is 2.43 bits per heavy atom. The molecule has 0 aliphatic heterocycles. The molecule has 1 aliphatic carbocycles. The maximum absolute atomic E-state index is 10.0. The van der Waals surface area contributed by atoms with Crippen LogP contribution in [0.15, 0.2) is 66.3 Å². The van der Waals surface area contributed by atoms with E-state index in [1.807, 2.05) is 48.6 Å². The lowest BCUT2D eigenvalue weighted by atomic mass is 9.98. The van der Waals surface area contributed by atoms with Gasteiger partial charge in [0.05, 0.1) is 0 Å². The Balaban J connectivity index is 2.26. The van der Waals surface area contributed by atoms with E-state index in [4.69, 9.17) is 0 Å². The molecule has 0 saturated heterocycles. The van der Waals surface area contributed by atoms with Gasteiger partial charge >= 0.3 is 0 Å². The van der Waals surface area contributed by atoms with E-state index in [2.05, 4.69) is 6.58 Å². The third kappa shape index (κ3) is 1.54. The van der Waals surface area contributed by atoms with E-state index in [0.29, 0.717) is 0 Å². The molecule has 1 nitrogen and oxygen atoms in total. The highest BCUT2D eigenvalue weighted by molar-refractivity contribution is 5.50. The minimum Gasteiger partial charge on any atom is -0.384 e. The Bertz CT molecular complexity index is 399. The highest BCUT2D eigenvalue weighted by Gasteiger charge is 2.15. The van der Waals surface area contributed by atoms with Crippen LogP contribution in [0.2, 0.25) is 0 Å². The number of hydrogen-bond acceptors (Lipinski definition) is 1. The fourth-order valence-electron chi connectivity index (χ4n) is 1.55. The monoisotopic (exact) mass is 184 g/mol. The van der Waals surface area contributed by atoms with E-state index < -0.39 is 6.10 Å². The first-order chi connectivity index (χ1) is 6.79. The topological polar surface area (TPSA) is 20.2 Å². The molecule has 0 heterocycles. The van der Waals surface area contributed by atoms with Gasteiger partial charge in [0.25, 0.3) is 0 Å². The molecule has 0 radical (unpaired) electrons. The van der Waals surface area contributed by atoms with Crippen molar-refractivity contribution in [3.63, 3.8) is 0 Å². The summed E-state index contributed by atoms with van der Waals surface area (Å²) >= 11 is 0. The van der Waals surface area contributed by atoms with Crippen LogP contribution in [0.4, 0.5) is 0 Å². The number of rotatable bonds is 2. The van der Waals surface area contributed by atoms with E-state index in [0.717, 1.165) is 16.7 Å². The molecule has 1 N–H and O–H groups in total. The molecule has 0 bridgehead atoms. The summed E-state index contributed by atoms with van der Waals surface area (Å²) in [5.41, 5.74) is 2.68. The van der Waals surface area contributed by atoms with Crippen molar-refractivity contribution < 1.29 is 5.11 Å². The minimum absolute atomic E-state index is 0.557. The quantitative estimate of drug-likeness (QED) is 0.749. The number of aliphatic hydroxyl groups excluding tert-OH is 1. The summed E-state index contributed by atoms with van der Waals surface area (Å²) in [6.45, 7) is 3.87. The highest BCUT2D eigenvalue weighted by atomic mass is 16.3. The fraction of sp³-hybridized carbons (Fsp3) is 0.0769. The Kier molecular flexibility index (Phi) is 2.33. The first kappa shape index (κ1) is 8.97. The van der Waals surface area contributed by atoms with Crippen molar-refractivity contribution in [3.05, 3.63) is 71.8 Å². The molecular formula is C13H12O. The fourth-order valence-corrected chi connectivity index (χ4v) is 1.55. The summed E-state index contributed by atoms with van der Waals surface area (Å²) in [5, 5.41) is 10.0. The molecule has 0 aromatic heterocycles. The van der Waals surface area contributed by atoms with Gasteiger partial charge in [-0.05, 0) is 16.7 Å². The van der Waals surface area contributed by atoms with Crippen molar-refractivity contribution >= 4 is 0 Å². The molecule has 0 fully saturated rings. The lowest BCUT2D eigenvalue weighted by molar-refractivity contribution is 0.219. The van der Waals surface area contributed by atoms with Crippen molar-refractivity contribution in [2.24, 2.45) is 0 Å². The number of benzene rings is 1. The minimum atomic E-state index is -0.557. The summed E-state index contributed by atoms with van der Waals surface area (Å²) in [6, 6.07) is 9.61. The summed E-state index contributed by atoms with van der Waals surface area (Å²) in [5.74, 6) is 0. The summed E-state index contributed by atoms with van der Waals surface area (Å²) < 4.78 is 0. The first-order valence-electron chi connectivity index (χ1n) is 4.59. The molecule has 70 valence electrons. The van der Waals surface area contributed by atoms with Gasteiger partial charge in [-0.3, -0.25) is 0 Å². The van der Waals surface area contributed by atoms with Gasteiger partial charge in [0, 0.05) is 0 Å². The zero-order valence-corrected chi connectivity index (χ0v) is 7.85. The molecule has 1 aromatic carbocycles. The van der Waals surface area contributed by atoms with Crippen LogP contribution in [0.3, 0.4) is 0 Å². The van der Waals surface area contributed by atoms with Crippen LogP contribution in [-0.2, 0) is 0 Å². The third-order valence-corrected chi connectivity index (χ3v) is 2.35. The van der Waals surface area contributed by atoms with Crippen LogP contribution in [-0.4, -0.2) is 5.11 Å². The molecule has 1 heteroatoms. The average molecular weight is 184 g/mol. The molecule has 1 aromatic rings. The van der Waals surface area contributed by atoms with Gasteiger partial charge in [-0.1, -0.05) is 55.1 Å². The summed E-state index contributed by atoms with van der Waals surface area (Å²) in [4.78, 5) is 0. The molecule has 1 aliphatic rings. The van der Waals surface area contributed by atoms with E-state index in [9.17, 15) is 5.11 Å². The Hall–Kier alpha value is -1.60. The van der Waals surface area contributed by atoms with Crippen LogP contribution in [0.1, 0.15) is 11.7 Å². The average Bonchev–Trinajstić information content (AvgIpc) is 2.65. The van der Waals surface area contributed by atoms with Crippen LogP contribution in [0, 0.1) is 0 Å². The van der Waals surface area contributed by atoms with Gasteiger partial charge in [0.15, 0.2) is 0 Å². The number of hydrogen-bond donors (Lipinski definition) is 1. The predicted octanol–water partition coefficient (Wildman–Crippen LogP) is 2.77. The van der Waals surface area contributed by atoms with Crippen molar-refractivity contribution in [3.8, 4) is 0 Å². The molecule has 0 spiro atoms. The molecule has 2 rings (SSSR count). The van der Waals surface area contributed by atoms with Gasteiger partial charge in [0.2, 0.25) is 0 Å². The number of allylic oxidation sites excluding steroid dienone is 3. The second-order valence-corrected chi connectivity index (χ2v) is 3.32. The van der Waals surface area contributed by atoms with Gasteiger partial charge in [-0.15, -0.1) is 0 Å². The normalized spacial score (nSPS) is 16.9. The second kappa shape index (κ2) is 3.64. The van der Waals surface area contributed by atoms with Gasteiger partial charge in [-0.2, -0.15) is 0 Å². The maximum Gasteiger partial charge on any atom is 0.105 e.